The molecular weight excluding hydrogens is 378 g/mol. The summed E-state index contributed by atoms with van der Waals surface area (Å²) < 4.78 is 5.59. The van der Waals surface area contributed by atoms with E-state index in [1.165, 1.54) is 11.1 Å². The molecule has 1 aliphatic heterocycles. The summed E-state index contributed by atoms with van der Waals surface area (Å²) in [5.41, 5.74) is 2.36. The first kappa shape index (κ1) is 20.0. The molecule has 0 radical (unpaired) electrons. The van der Waals surface area contributed by atoms with Crippen LogP contribution < -0.4 is 5.32 Å². The topological polar surface area (TPSA) is 75.6 Å². The van der Waals surface area contributed by atoms with Gasteiger partial charge in [-0.2, -0.15) is 0 Å². The lowest BCUT2D eigenvalue weighted by atomic mass is 9.55. The van der Waals surface area contributed by atoms with E-state index in [-0.39, 0.29) is 23.3 Å². The van der Waals surface area contributed by atoms with Crippen LogP contribution in [0.15, 0.2) is 18.2 Å². The lowest BCUT2D eigenvalue weighted by Crippen LogP contribution is -2.42. The zero-order valence-electron chi connectivity index (χ0n) is 17.9. The maximum Gasteiger partial charge on any atom is 0.220 e. The number of fused-ring (bicyclic) bond motifs is 5. The van der Waals surface area contributed by atoms with Gasteiger partial charge in [-0.25, -0.2) is 0 Å². The zero-order valence-corrected chi connectivity index (χ0v) is 17.9. The Morgan fingerprint density at radius 3 is 2.97 bits per heavy atom. The zero-order chi connectivity index (χ0) is 20.9. The Labute approximate surface area is 178 Å². The summed E-state index contributed by atoms with van der Waals surface area (Å²) in [6, 6.07) is 5.81. The van der Waals surface area contributed by atoms with Gasteiger partial charge in [-0.1, -0.05) is 13.0 Å². The van der Waals surface area contributed by atoms with Gasteiger partial charge in [-0.15, -0.1) is 0 Å². The van der Waals surface area contributed by atoms with Crippen molar-refractivity contribution < 1.29 is 19.4 Å². The average molecular weight is 412 g/mol. The largest absolute Gasteiger partial charge is 0.508 e. The molecule has 0 aromatic heterocycles. The molecule has 5 rings (SSSR count). The molecule has 2 N–H and O–H groups in total. The van der Waals surface area contributed by atoms with Gasteiger partial charge in [-0.05, 0) is 86.0 Å². The number of rotatable bonds is 4. The number of carbonyl (C=O) groups excluding carboxylic acids is 2. The third-order valence-corrected chi connectivity index (χ3v) is 8.55. The number of nitrogens with one attached hydrogen (secondary N) is 1. The second-order valence-corrected chi connectivity index (χ2v) is 10.2. The number of ether oxygens (including phenoxy) is 1. The van der Waals surface area contributed by atoms with Crippen molar-refractivity contribution in [3.8, 4) is 5.75 Å². The van der Waals surface area contributed by atoms with Crippen molar-refractivity contribution in [2.75, 3.05) is 13.2 Å². The number of aryl methyl sites for hydroxylation is 1. The molecule has 2 saturated carbocycles. The van der Waals surface area contributed by atoms with Gasteiger partial charge in [-0.3, -0.25) is 9.59 Å². The van der Waals surface area contributed by atoms with Crippen molar-refractivity contribution in [3.05, 3.63) is 29.3 Å². The summed E-state index contributed by atoms with van der Waals surface area (Å²) in [5.74, 6) is 1.85. The van der Waals surface area contributed by atoms with Crippen LogP contribution in [0.3, 0.4) is 0 Å². The van der Waals surface area contributed by atoms with Crippen molar-refractivity contribution in [3.63, 3.8) is 0 Å². The van der Waals surface area contributed by atoms with E-state index in [2.05, 4.69) is 18.3 Å². The van der Waals surface area contributed by atoms with E-state index in [4.69, 9.17) is 4.74 Å². The molecule has 162 valence electrons. The van der Waals surface area contributed by atoms with E-state index >= 15 is 0 Å². The molecule has 1 saturated heterocycles. The first-order valence-electron chi connectivity index (χ1n) is 11.7. The average Bonchev–Trinajstić information content (AvgIpc) is 3.34. The van der Waals surface area contributed by atoms with Gasteiger partial charge in [0.15, 0.2) is 0 Å². The van der Waals surface area contributed by atoms with Crippen molar-refractivity contribution in [2.45, 2.75) is 70.3 Å². The van der Waals surface area contributed by atoms with Gasteiger partial charge >= 0.3 is 0 Å². The maximum absolute atomic E-state index is 13.4. The quantitative estimate of drug-likeness (QED) is 0.792. The molecule has 1 heterocycles. The molecule has 0 bridgehead atoms. The van der Waals surface area contributed by atoms with E-state index < -0.39 is 0 Å². The lowest BCUT2D eigenvalue weighted by molar-refractivity contribution is -0.134. The monoisotopic (exact) mass is 411 g/mol. The standard InChI is InChI=1S/C25H33NO4/c1-25-9-8-20-19-7-5-17(27)11-15(19)4-6-21(20)22(25)12-16(24(25)29)13-23(28)26-14-18-3-2-10-30-18/h5,7,11,16,18,20-22,27H,2-4,6,8-10,12-14H2,1H3,(H,26,28)/t16?,18?,20-,21-,22+,25+/m1/s1. The smallest absolute Gasteiger partial charge is 0.220 e. The number of amides is 1. The minimum atomic E-state index is -0.283. The third-order valence-electron chi connectivity index (χ3n) is 8.55. The summed E-state index contributed by atoms with van der Waals surface area (Å²) >= 11 is 0. The van der Waals surface area contributed by atoms with Crippen LogP contribution in [0.1, 0.15) is 68.9 Å². The van der Waals surface area contributed by atoms with E-state index in [0.717, 1.165) is 51.6 Å². The number of phenolic OH excluding ortho intramolecular Hbond substituents is 1. The van der Waals surface area contributed by atoms with Crippen LogP contribution in [0.2, 0.25) is 0 Å². The summed E-state index contributed by atoms with van der Waals surface area (Å²) in [4.78, 5) is 25.9. The molecule has 0 spiro atoms. The normalized spacial score (nSPS) is 37.4. The molecule has 6 atom stereocenters. The Bertz CT molecular complexity index is 846. The Hall–Kier alpha value is -1.88. The molecule has 5 nitrogen and oxygen atoms in total. The van der Waals surface area contributed by atoms with Crippen LogP contribution in [-0.4, -0.2) is 36.1 Å². The van der Waals surface area contributed by atoms with Crippen LogP contribution in [0.4, 0.5) is 0 Å². The molecule has 1 amide bonds. The molecule has 1 aromatic carbocycles. The highest BCUT2D eigenvalue weighted by Gasteiger charge is 2.58. The molecule has 1 aromatic rings. The number of ketones is 1. The number of aromatic hydroxyl groups is 1. The van der Waals surface area contributed by atoms with E-state index in [1.807, 2.05) is 6.07 Å². The van der Waals surface area contributed by atoms with E-state index in [1.54, 1.807) is 6.07 Å². The minimum absolute atomic E-state index is 0.00730. The fourth-order valence-corrected chi connectivity index (χ4v) is 7.01. The van der Waals surface area contributed by atoms with Gasteiger partial charge in [0.25, 0.3) is 0 Å². The van der Waals surface area contributed by atoms with Crippen LogP contribution in [0, 0.1) is 23.2 Å². The molecular formula is C25H33NO4. The van der Waals surface area contributed by atoms with Crippen LogP contribution in [-0.2, 0) is 20.7 Å². The first-order valence-corrected chi connectivity index (χ1v) is 11.7. The lowest BCUT2D eigenvalue weighted by Gasteiger charge is -2.48. The van der Waals surface area contributed by atoms with Gasteiger partial charge in [0.2, 0.25) is 5.91 Å². The number of hydrogen-bond donors (Lipinski definition) is 2. The van der Waals surface area contributed by atoms with Gasteiger partial charge in [0.1, 0.15) is 11.5 Å². The molecule has 4 aliphatic rings. The Kier molecular flexibility index (Phi) is 5.12. The Morgan fingerprint density at radius 2 is 2.17 bits per heavy atom. The number of phenols is 1. The molecule has 3 aliphatic carbocycles. The summed E-state index contributed by atoms with van der Waals surface area (Å²) in [6.07, 6.45) is 7.35. The van der Waals surface area contributed by atoms with Gasteiger partial charge < -0.3 is 15.2 Å². The molecule has 2 unspecified atom stereocenters. The fraction of sp³-hybridized carbons (Fsp3) is 0.680. The van der Waals surface area contributed by atoms with E-state index in [0.29, 0.717) is 42.3 Å². The molecule has 3 fully saturated rings. The highest BCUT2D eigenvalue weighted by molar-refractivity contribution is 5.93. The Morgan fingerprint density at radius 1 is 1.30 bits per heavy atom. The SMILES string of the molecule is C[C@]12CC[C@@H]3c4ccc(O)cc4CC[C@H]3[C@@H]1CC(CC(=O)NCC1CCCO1)C2=O. The van der Waals surface area contributed by atoms with E-state index in [9.17, 15) is 14.7 Å². The summed E-state index contributed by atoms with van der Waals surface area (Å²) in [6.45, 7) is 3.51. The molecule has 5 heteroatoms. The van der Waals surface area contributed by atoms with Crippen LogP contribution in [0.5, 0.6) is 5.75 Å². The summed E-state index contributed by atoms with van der Waals surface area (Å²) in [5, 5.41) is 12.9. The number of hydrogen-bond acceptors (Lipinski definition) is 4. The second-order valence-electron chi connectivity index (χ2n) is 10.2. The second kappa shape index (κ2) is 7.67. The number of carbonyl (C=O) groups is 2. The fourth-order valence-electron chi connectivity index (χ4n) is 7.01. The Balaban J connectivity index is 1.28. The van der Waals surface area contributed by atoms with Crippen LogP contribution in [0.25, 0.3) is 0 Å². The highest BCUT2D eigenvalue weighted by atomic mass is 16.5. The van der Waals surface area contributed by atoms with Crippen molar-refractivity contribution in [2.24, 2.45) is 23.2 Å². The third kappa shape index (κ3) is 3.35. The number of benzene rings is 1. The molecule has 30 heavy (non-hydrogen) atoms. The summed E-state index contributed by atoms with van der Waals surface area (Å²) in [7, 11) is 0. The maximum atomic E-state index is 13.4. The van der Waals surface area contributed by atoms with Crippen molar-refractivity contribution in [1.82, 2.24) is 5.32 Å². The van der Waals surface area contributed by atoms with Crippen molar-refractivity contribution >= 4 is 11.7 Å². The predicted molar refractivity (Wildman–Crippen MR) is 113 cm³/mol. The van der Waals surface area contributed by atoms with Crippen LogP contribution >= 0.6 is 0 Å². The minimum Gasteiger partial charge on any atom is -0.508 e. The van der Waals surface area contributed by atoms with Gasteiger partial charge in [0, 0.05) is 30.9 Å². The van der Waals surface area contributed by atoms with Crippen molar-refractivity contribution in [1.29, 1.82) is 0 Å². The highest BCUT2D eigenvalue weighted by Crippen LogP contribution is 2.61. The first-order chi connectivity index (χ1) is 14.5. The predicted octanol–water partition coefficient (Wildman–Crippen LogP) is 3.73. The number of Topliss-reactive ketones (excluding diaryl/α,β-unsaturated/α-hetero) is 1. The van der Waals surface area contributed by atoms with Gasteiger partial charge in [0.05, 0.1) is 6.10 Å².